The van der Waals surface area contributed by atoms with Gasteiger partial charge in [-0.2, -0.15) is 0 Å². The van der Waals surface area contributed by atoms with Crippen LogP contribution in [-0.2, 0) is 5.41 Å². The number of aromatic nitrogens is 1. The summed E-state index contributed by atoms with van der Waals surface area (Å²) >= 11 is 1.93. The van der Waals surface area contributed by atoms with E-state index in [4.69, 9.17) is 0 Å². The molecule has 0 bridgehead atoms. The Morgan fingerprint density at radius 1 is 0.724 bits per heavy atom. The highest BCUT2D eigenvalue weighted by atomic mass is 32.1. The lowest BCUT2D eigenvalue weighted by Crippen LogP contribution is -2.26. The van der Waals surface area contributed by atoms with Crippen LogP contribution in [0.5, 0.6) is 0 Å². The predicted octanol–water partition coefficient (Wildman–Crippen LogP) is 7.79. The fourth-order valence-electron chi connectivity index (χ4n) is 5.40. The van der Waals surface area contributed by atoms with Crippen LogP contribution < -0.4 is 0 Å². The molecule has 0 unspecified atom stereocenters. The van der Waals surface area contributed by atoms with Crippen molar-refractivity contribution in [2.45, 2.75) is 19.3 Å². The van der Waals surface area contributed by atoms with E-state index in [1.807, 2.05) is 11.3 Å². The molecule has 29 heavy (non-hydrogen) atoms. The van der Waals surface area contributed by atoms with Crippen molar-refractivity contribution in [3.63, 3.8) is 0 Å². The highest BCUT2D eigenvalue weighted by Crippen LogP contribution is 2.51. The van der Waals surface area contributed by atoms with E-state index in [9.17, 15) is 0 Å². The Hall–Kier alpha value is -3.10. The molecule has 1 aliphatic rings. The van der Waals surface area contributed by atoms with Crippen LogP contribution in [0.15, 0.2) is 78.9 Å². The van der Waals surface area contributed by atoms with Crippen LogP contribution >= 0.6 is 11.3 Å². The lowest BCUT2D eigenvalue weighted by atomic mass is 9.74. The van der Waals surface area contributed by atoms with Gasteiger partial charge < -0.3 is 4.57 Å². The molecule has 138 valence electrons. The lowest BCUT2D eigenvalue weighted by molar-refractivity contribution is 0.631. The predicted molar refractivity (Wildman–Crippen MR) is 126 cm³/mol. The van der Waals surface area contributed by atoms with Crippen molar-refractivity contribution in [3.05, 3.63) is 90.0 Å². The number of nitrogens with zero attached hydrogens (tertiary/aromatic N) is 1. The van der Waals surface area contributed by atoms with E-state index < -0.39 is 0 Å². The quantitative estimate of drug-likeness (QED) is 0.250. The molecule has 0 amide bonds. The summed E-state index contributed by atoms with van der Waals surface area (Å²) in [5.74, 6) is 0. The maximum absolute atomic E-state index is 2.50. The summed E-state index contributed by atoms with van der Waals surface area (Å²) in [4.78, 5) is 0. The molecular weight excluding hydrogens is 370 g/mol. The van der Waals surface area contributed by atoms with Crippen molar-refractivity contribution < 1.29 is 0 Å². The molecule has 1 nitrogen and oxygen atoms in total. The van der Waals surface area contributed by atoms with Gasteiger partial charge in [0, 0.05) is 36.4 Å². The zero-order valence-corrected chi connectivity index (χ0v) is 17.2. The molecule has 0 radical (unpaired) electrons. The van der Waals surface area contributed by atoms with Crippen molar-refractivity contribution >= 4 is 53.3 Å². The summed E-state index contributed by atoms with van der Waals surface area (Å²) in [7, 11) is 0. The van der Waals surface area contributed by atoms with Gasteiger partial charge in [-0.25, -0.2) is 0 Å². The summed E-state index contributed by atoms with van der Waals surface area (Å²) in [6.45, 7) is 4.75. The maximum Gasteiger partial charge on any atom is 0.0596 e. The smallest absolute Gasteiger partial charge is 0.0596 e. The second-order valence-corrected chi connectivity index (χ2v) is 9.67. The van der Waals surface area contributed by atoms with E-state index in [0.29, 0.717) is 0 Å². The Morgan fingerprint density at radius 3 is 2.34 bits per heavy atom. The molecule has 0 aliphatic carbocycles. The van der Waals surface area contributed by atoms with Crippen molar-refractivity contribution in [2.75, 3.05) is 0 Å². The standard InChI is InChI=1S/C27H19NS/c1-27(2)19-11-5-7-13-22(19)28-21-12-6-3-10-17(21)24-25(28)20(27)15-18-16-9-4-8-14-23(16)29-26(18)24/h3-15H,1-2H3. The number of fused-ring (bicyclic) bond motifs is 9. The van der Waals surface area contributed by atoms with Crippen molar-refractivity contribution in [1.82, 2.24) is 4.57 Å². The van der Waals surface area contributed by atoms with E-state index in [1.54, 1.807) is 0 Å². The van der Waals surface area contributed by atoms with E-state index in [1.165, 1.54) is 58.8 Å². The SMILES string of the molecule is CC1(C)c2ccccc2-n2c3ccccc3c3c4sc5ccccc5c4cc1c32. The fourth-order valence-corrected chi connectivity index (χ4v) is 6.64. The van der Waals surface area contributed by atoms with Crippen LogP contribution in [-0.4, -0.2) is 4.57 Å². The normalized spacial score (nSPS) is 14.8. The zero-order chi connectivity index (χ0) is 19.3. The van der Waals surface area contributed by atoms with E-state index in [0.717, 1.165) is 0 Å². The molecule has 0 fully saturated rings. The van der Waals surface area contributed by atoms with Crippen LogP contribution in [0.4, 0.5) is 0 Å². The van der Waals surface area contributed by atoms with Gasteiger partial charge in [0.15, 0.2) is 0 Å². The second-order valence-electron chi connectivity index (χ2n) is 8.62. The van der Waals surface area contributed by atoms with Gasteiger partial charge in [0.05, 0.1) is 16.7 Å². The Labute approximate surface area is 172 Å². The molecular formula is C27H19NS. The topological polar surface area (TPSA) is 4.93 Å². The summed E-state index contributed by atoms with van der Waals surface area (Å²) < 4.78 is 5.28. The lowest BCUT2D eigenvalue weighted by Gasteiger charge is -2.34. The number of benzene rings is 4. The van der Waals surface area contributed by atoms with Crippen LogP contribution in [0.3, 0.4) is 0 Å². The van der Waals surface area contributed by atoms with Gasteiger partial charge in [-0.3, -0.25) is 0 Å². The molecule has 1 aliphatic heterocycles. The Bertz CT molecular complexity index is 1630. The van der Waals surface area contributed by atoms with Crippen molar-refractivity contribution in [1.29, 1.82) is 0 Å². The van der Waals surface area contributed by atoms with Crippen LogP contribution in [0.1, 0.15) is 25.0 Å². The molecule has 2 aromatic heterocycles. The maximum atomic E-state index is 2.50. The van der Waals surface area contributed by atoms with E-state index >= 15 is 0 Å². The Balaban J connectivity index is 1.87. The molecule has 2 heteroatoms. The molecule has 3 heterocycles. The minimum atomic E-state index is -0.0452. The molecule has 0 saturated heterocycles. The monoisotopic (exact) mass is 389 g/mol. The van der Waals surface area contributed by atoms with Gasteiger partial charge >= 0.3 is 0 Å². The first-order chi connectivity index (χ1) is 14.2. The van der Waals surface area contributed by atoms with Gasteiger partial charge in [0.1, 0.15) is 0 Å². The van der Waals surface area contributed by atoms with Gasteiger partial charge in [-0.05, 0) is 35.4 Å². The average molecular weight is 390 g/mol. The highest BCUT2D eigenvalue weighted by molar-refractivity contribution is 7.26. The van der Waals surface area contributed by atoms with Gasteiger partial charge in [-0.1, -0.05) is 68.4 Å². The van der Waals surface area contributed by atoms with Crippen LogP contribution in [0.2, 0.25) is 0 Å². The molecule has 0 saturated carbocycles. The Kier molecular flexibility index (Phi) is 2.77. The summed E-state index contributed by atoms with van der Waals surface area (Å²) in [5, 5.41) is 5.53. The highest BCUT2D eigenvalue weighted by Gasteiger charge is 2.36. The van der Waals surface area contributed by atoms with E-state index in [2.05, 4.69) is 97.3 Å². The molecule has 6 aromatic rings. The summed E-state index contributed by atoms with van der Waals surface area (Å²) in [6.07, 6.45) is 0. The molecule has 4 aromatic carbocycles. The van der Waals surface area contributed by atoms with Gasteiger partial charge in [0.25, 0.3) is 0 Å². The first kappa shape index (κ1) is 15.8. The van der Waals surface area contributed by atoms with Crippen molar-refractivity contribution in [2.24, 2.45) is 0 Å². The Morgan fingerprint density at radius 2 is 1.45 bits per heavy atom. The van der Waals surface area contributed by atoms with Gasteiger partial charge in [-0.15, -0.1) is 11.3 Å². The summed E-state index contributed by atoms with van der Waals surface area (Å²) in [5.41, 5.74) is 6.78. The number of thiophene rings is 1. The molecule has 7 rings (SSSR count). The second kappa shape index (κ2) is 5.08. The largest absolute Gasteiger partial charge is 0.309 e. The fraction of sp³-hybridized carbons (Fsp3) is 0.111. The average Bonchev–Trinajstić information content (AvgIpc) is 3.28. The molecule has 0 spiro atoms. The summed E-state index contributed by atoms with van der Waals surface area (Å²) in [6, 6.07) is 29.1. The number of hydrogen-bond donors (Lipinski definition) is 0. The van der Waals surface area contributed by atoms with Crippen LogP contribution in [0.25, 0.3) is 47.7 Å². The minimum Gasteiger partial charge on any atom is -0.309 e. The molecule has 0 N–H and O–H groups in total. The molecule has 0 atom stereocenters. The van der Waals surface area contributed by atoms with Crippen molar-refractivity contribution in [3.8, 4) is 5.69 Å². The van der Waals surface area contributed by atoms with E-state index in [-0.39, 0.29) is 5.41 Å². The minimum absolute atomic E-state index is 0.0452. The van der Waals surface area contributed by atoms with Gasteiger partial charge in [0.2, 0.25) is 0 Å². The third-order valence-electron chi connectivity index (χ3n) is 6.77. The third-order valence-corrected chi connectivity index (χ3v) is 7.98. The first-order valence-corrected chi connectivity index (χ1v) is 11.0. The third kappa shape index (κ3) is 1.77. The zero-order valence-electron chi connectivity index (χ0n) is 16.4. The number of hydrogen-bond acceptors (Lipinski definition) is 1. The number of para-hydroxylation sites is 2. The number of rotatable bonds is 0. The van der Waals surface area contributed by atoms with Crippen LogP contribution in [0, 0.1) is 0 Å². The first-order valence-electron chi connectivity index (χ1n) is 10.1.